The van der Waals surface area contributed by atoms with E-state index < -0.39 is 15.9 Å². The summed E-state index contributed by atoms with van der Waals surface area (Å²) in [5.74, 6) is -0.439. The summed E-state index contributed by atoms with van der Waals surface area (Å²) in [6.45, 7) is 7.71. The predicted octanol–water partition coefficient (Wildman–Crippen LogP) is 4.35. The first kappa shape index (κ1) is 21.3. The van der Waals surface area contributed by atoms with Gasteiger partial charge in [-0.15, -0.1) is 0 Å². The molecule has 0 bridgehead atoms. The molecule has 2 rings (SSSR count). The van der Waals surface area contributed by atoms with Crippen molar-refractivity contribution < 1.29 is 13.2 Å². The van der Waals surface area contributed by atoms with E-state index in [4.69, 9.17) is 11.6 Å². The van der Waals surface area contributed by atoms with Gasteiger partial charge in [0.25, 0.3) is 0 Å². The molecule has 0 atom stereocenters. The largest absolute Gasteiger partial charge is 0.324 e. The van der Waals surface area contributed by atoms with Gasteiger partial charge in [0.2, 0.25) is 15.9 Å². The van der Waals surface area contributed by atoms with Crippen LogP contribution in [0.3, 0.4) is 0 Å². The summed E-state index contributed by atoms with van der Waals surface area (Å²) >= 11 is 6.07. The maximum absolute atomic E-state index is 12.5. The lowest BCUT2D eigenvalue weighted by Crippen LogP contribution is -2.37. The van der Waals surface area contributed by atoms with Crippen molar-refractivity contribution in [2.45, 2.75) is 33.1 Å². The molecular weight excluding hydrogens is 384 g/mol. The fourth-order valence-corrected chi connectivity index (χ4v) is 3.62. The fourth-order valence-electron chi connectivity index (χ4n) is 2.59. The zero-order chi connectivity index (χ0) is 20.4. The molecule has 0 aromatic heterocycles. The molecule has 0 unspecified atom stereocenters. The van der Waals surface area contributed by atoms with Crippen molar-refractivity contribution in [1.29, 1.82) is 0 Å². The normalized spacial score (nSPS) is 11.9. The van der Waals surface area contributed by atoms with Crippen molar-refractivity contribution in [3.8, 4) is 0 Å². The van der Waals surface area contributed by atoms with Gasteiger partial charge in [-0.3, -0.25) is 9.10 Å². The number of rotatable bonds is 5. The van der Waals surface area contributed by atoms with Crippen molar-refractivity contribution in [3.05, 3.63) is 58.6 Å². The van der Waals surface area contributed by atoms with Crippen molar-refractivity contribution in [2.75, 3.05) is 22.4 Å². The summed E-state index contributed by atoms with van der Waals surface area (Å²) in [4.78, 5) is 12.5. The van der Waals surface area contributed by atoms with Crippen LogP contribution in [0.1, 0.15) is 31.9 Å². The first-order chi connectivity index (χ1) is 12.4. The topological polar surface area (TPSA) is 66.5 Å². The Morgan fingerprint density at radius 2 is 1.70 bits per heavy atom. The highest BCUT2D eigenvalue weighted by Crippen LogP contribution is 2.26. The molecule has 0 radical (unpaired) electrons. The van der Waals surface area contributed by atoms with E-state index in [2.05, 4.69) is 26.1 Å². The monoisotopic (exact) mass is 408 g/mol. The highest BCUT2D eigenvalue weighted by Gasteiger charge is 2.22. The van der Waals surface area contributed by atoms with E-state index in [0.717, 1.165) is 21.7 Å². The van der Waals surface area contributed by atoms with E-state index in [1.54, 1.807) is 37.3 Å². The molecular formula is C20H25ClN2O3S. The molecule has 0 heterocycles. The molecule has 1 N–H and O–H groups in total. The average molecular weight is 409 g/mol. The number of nitrogens with zero attached hydrogens (tertiary/aromatic N) is 1. The minimum Gasteiger partial charge on any atom is -0.324 e. The molecule has 2 aromatic rings. The number of nitrogens with one attached hydrogen (secondary N) is 1. The third-order valence-electron chi connectivity index (χ3n) is 4.25. The van der Waals surface area contributed by atoms with Crippen molar-refractivity contribution >= 4 is 38.9 Å². The number of carbonyl (C=O) groups is 1. The van der Waals surface area contributed by atoms with E-state index in [1.807, 2.05) is 12.1 Å². The Morgan fingerprint density at radius 1 is 1.11 bits per heavy atom. The van der Waals surface area contributed by atoms with Crippen LogP contribution in [-0.4, -0.2) is 27.1 Å². The molecule has 0 aliphatic heterocycles. The van der Waals surface area contributed by atoms with Crippen molar-refractivity contribution in [1.82, 2.24) is 0 Å². The molecule has 5 nitrogen and oxygen atoms in total. The molecule has 7 heteroatoms. The third kappa shape index (κ3) is 5.47. The minimum atomic E-state index is -3.63. The van der Waals surface area contributed by atoms with Gasteiger partial charge in [-0.1, -0.05) is 50.6 Å². The Morgan fingerprint density at radius 3 is 2.22 bits per heavy atom. The molecule has 0 aliphatic rings. The van der Waals surface area contributed by atoms with Crippen LogP contribution < -0.4 is 9.62 Å². The van der Waals surface area contributed by atoms with E-state index in [-0.39, 0.29) is 12.0 Å². The van der Waals surface area contributed by atoms with Gasteiger partial charge in [0.1, 0.15) is 6.54 Å². The van der Waals surface area contributed by atoms with Gasteiger partial charge in [-0.05, 0) is 47.7 Å². The second kappa shape index (κ2) is 7.90. The zero-order valence-electron chi connectivity index (χ0n) is 16.2. The molecule has 0 aliphatic carbocycles. The average Bonchev–Trinajstić information content (AvgIpc) is 2.55. The zero-order valence-corrected chi connectivity index (χ0v) is 17.8. The Kier molecular flexibility index (Phi) is 6.22. The predicted molar refractivity (Wildman–Crippen MR) is 112 cm³/mol. The first-order valence-electron chi connectivity index (χ1n) is 8.53. The van der Waals surface area contributed by atoms with Gasteiger partial charge >= 0.3 is 0 Å². The van der Waals surface area contributed by atoms with Crippen LogP contribution in [0.15, 0.2) is 42.5 Å². The summed E-state index contributed by atoms with van der Waals surface area (Å²) in [6.07, 6.45) is 1.09. The standard InChI is InChI=1S/C20H25ClN2O3S/c1-14-17(21)7-6-8-18(14)22-19(24)13-23(27(5,25)26)16-11-9-15(10-12-16)20(2,3)4/h6-12H,13H2,1-5H3,(H,22,24). The highest BCUT2D eigenvalue weighted by molar-refractivity contribution is 7.92. The Hall–Kier alpha value is -2.05. The number of hydrogen-bond acceptors (Lipinski definition) is 3. The van der Waals surface area contributed by atoms with Gasteiger partial charge < -0.3 is 5.32 Å². The van der Waals surface area contributed by atoms with Crippen LogP contribution in [0.5, 0.6) is 0 Å². The number of halogens is 1. The van der Waals surface area contributed by atoms with Gasteiger partial charge in [0, 0.05) is 10.7 Å². The van der Waals surface area contributed by atoms with Crippen LogP contribution in [0.25, 0.3) is 0 Å². The van der Waals surface area contributed by atoms with Crippen molar-refractivity contribution in [3.63, 3.8) is 0 Å². The molecule has 146 valence electrons. The first-order valence-corrected chi connectivity index (χ1v) is 10.8. The Labute approximate surface area is 166 Å². The molecule has 0 spiro atoms. The fraction of sp³-hybridized carbons (Fsp3) is 0.350. The number of carbonyl (C=O) groups excluding carboxylic acids is 1. The molecule has 0 saturated carbocycles. The van der Waals surface area contributed by atoms with Crippen molar-refractivity contribution in [2.24, 2.45) is 0 Å². The SMILES string of the molecule is Cc1c(Cl)cccc1NC(=O)CN(c1ccc(C(C)(C)C)cc1)S(C)(=O)=O. The maximum Gasteiger partial charge on any atom is 0.245 e. The van der Waals surface area contributed by atoms with Crippen LogP contribution in [0, 0.1) is 6.92 Å². The summed E-state index contributed by atoms with van der Waals surface area (Å²) in [5.41, 5.74) is 2.77. The number of benzene rings is 2. The van der Waals surface area contributed by atoms with E-state index >= 15 is 0 Å². The summed E-state index contributed by atoms with van der Waals surface area (Å²) in [5, 5.41) is 3.26. The van der Waals surface area contributed by atoms with Gasteiger partial charge in [0.05, 0.1) is 11.9 Å². The lowest BCUT2D eigenvalue weighted by atomic mass is 9.87. The van der Waals surface area contributed by atoms with Crippen LogP contribution in [-0.2, 0) is 20.2 Å². The third-order valence-corrected chi connectivity index (χ3v) is 5.80. The lowest BCUT2D eigenvalue weighted by Gasteiger charge is -2.24. The van der Waals surface area contributed by atoms with E-state index in [0.29, 0.717) is 16.4 Å². The molecule has 1 amide bonds. The number of anilines is 2. The lowest BCUT2D eigenvalue weighted by molar-refractivity contribution is -0.114. The van der Waals surface area contributed by atoms with E-state index in [9.17, 15) is 13.2 Å². The minimum absolute atomic E-state index is 0.0457. The van der Waals surface area contributed by atoms with E-state index in [1.165, 1.54) is 0 Å². The van der Waals surface area contributed by atoms with Gasteiger partial charge in [0.15, 0.2) is 0 Å². The maximum atomic E-state index is 12.5. The summed E-state index contributed by atoms with van der Waals surface area (Å²) in [7, 11) is -3.63. The number of hydrogen-bond donors (Lipinski definition) is 1. The Balaban J connectivity index is 2.25. The molecule has 27 heavy (non-hydrogen) atoms. The second-order valence-electron chi connectivity index (χ2n) is 7.53. The van der Waals surface area contributed by atoms with Crippen LogP contribution >= 0.6 is 11.6 Å². The number of sulfonamides is 1. The Bertz CT molecular complexity index is 933. The smallest absolute Gasteiger partial charge is 0.245 e. The highest BCUT2D eigenvalue weighted by atomic mass is 35.5. The summed E-state index contributed by atoms with van der Waals surface area (Å²) in [6, 6.07) is 12.4. The molecule has 0 fully saturated rings. The second-order valence-corrected chi connectivity index (χ2v) is 9.84. The van der Waals surface area contributed by atoms with Gasteiger partial charge in [-0.2, -0.15) is 0 Å². The summed E-state index contributed by atoms with van der Waals surface area (Å²) < 4.78 is 25.6. The van der Waals surface area contributed by atoms with Gasteiger partial charge in [-0.25, -0.2) is 8.42 Å². The van der Waals surface area contributed by atoms with Crippen LogP contribution in [0.2, 0.25) is 5.02 Å². The number of amides is 1. The molecule has 0 saturated heterocycles. The van der Waals surface area contributed by atoms with Crippen LogP contribution in [0.4, 0.5) is 11.4 Å². The quantitative estimate of drug-likeness (QED) is 0.799. The molecule has 2 aromatic carbocycles.